The van der Waals surface area contributed by atoms with Gasteiger partial charge in [-0.05, 0) is 35.4 Å². The predicted molar refractivity (Wildman–Crippen MR) is 86.4 cm³/mol. The van der Waals surface area contributed by atoms with Gasteiger partial charge in [0.05, 0.1) is 13.2 Å². The van der Waals surface area contributed by atoms with Crippen molar-refractivity contribution in [2.75, 3.05) is 13.2 Å². The van der Waals surface area contributed by atoms with Crippen LogP contribution in [0.4, 0.5) is 0 Å². The van der Waals surface area contributed by atoms with Gasteiger partial charge in [-0.3, -0.25) is 0 Å². The Kier molecular flexibility index (Phi) is 7.40. The maximum atomic E-state index is 9.11. The molecule has 0 amide bonds. The molecular weight excluding hydrogens is 264 g/mol. The van der Waals surface area contributed by atoms with E-state index in [0.717, 1.165) is 11.1 Å². The lowest BCUT2D eigenvalue weighted by molar-refractivity contribution is 0.194. The van der Waals surface area contributed by atoms with Crippen LogP contribution in [0.1, 0.15) is 0 Å². The van der Waals surface area contributed by atoms with Crippen molar-refractivity contribution in [1.82, 2.24) is 0 Å². The van der Waals surface area contributed by atoms with Gasteiger partial charge in [0.15, 0.2) is 0 Å². The molecule has 2 aromatic rings. The van der Waals surface area contributed by atoms with Gasteiger partial charge in [0, 0.05) is 0 Å². The zero-order valence-electron chi connectivity index (χ0n) is 11.9. The maximum Gasteiger partial charge on any atom is 0.115 e. The van der Waals surface area contributed by atoms with Gasteiger partial charge >= 0.3 is 0 Å². The molecule has 0 aliphatic heterocycles. The fourth-order valence-electron chi connectivity index (χ4n) is 1.54. The molecule has 110 valence electrons. The lowest BCUT2D eigenvalue weighted by atomic mass is 10.1. The number of benzene rings is 2. The molecule has 3 nitrogen and oxygen atoms in total. The lowest BCUT2D eigenvalue weighted by Gasteiger charge is -2.01. The van der Waals surface area contributed by atoms with E-state index in [1.54, 1.807) is 36.4 Å². The van der Waals surface area contributed by atoms with Crippen LogP contribution in [-0.2, 0) is 4.74 Å². The molecule has 2 N–H and O–H groups in total. The average molecular weight is 284 g/mol. The van der Waals surface area contributed by atoms with Crippen molar-refractivity contribution < 1.29 is 14.9 Å². The van der Waals surface area contributed by atoms with E-state index in [-0.39, 0.29) is 11.5 Å². The summed E-state index contributed by atoms with van der Waals surface area (Å²) in [6, 6.07) is 13.9. The standard InChI is InChI=1S/C12H10O2.C6H10O/c13-11-5-1-9(2-6-11)10-3-7-12(14)8-4-10;1-3-5-7-6-4-2/h1-8,13-14H;3-4H,1-2,5-6H2. The van der Waals surface area contributed by atoms with Crippen LogP contribution in [0.25, 0.3) is 11.1 Å². The Hall–Kier alpha value is -2.52. The Morgan fingerprint density at radius 1 is 0.714 bits per heavy atom. The van der Waals surface area contributed by atoms with Gasteiger partial charge in [0.1, 0.15) is 11.5 Å². The highest BCUT2D eigenvalue weighted by molar-refractivity contribution is 5.64. The Morgan fingerprint density at radius 2 is 1.05 bits per heavy atom. The van der Waals surface area contributed by atoms with Crippen LogP contribution >= 0.6 is 0 Å². The summed E-state index contributed by atoms with van der Waals surface area (Å²) in [5.74, 6) is 0.514. The molecule has 0 spiro atoms. The molecular formula is C18H20O3. The van der Waals surface area contributed by atoms with Crippen LogP contribution in [0.15, 0.2) is 73.8 Å². The van der Waals surface area contributed by atoms with Gasteiger partial charge in [-0.2, -0.15) is 0 Å². The van der Waals surface area contributed by atoms with Gasteiger partial charge in [0.2, 0.25) is 0 Å². The van der Waals surface area contributed by atoms with Gasteiger partial charge in [-0.25, -0.2) is 0 Å². The molecule has 0 unspecified atom stereocenters. The first kappa shape index (κ1) is 16.5. The van der Waals surface area contributed by atoms with Gasteiger partial charge < -0.3 is 14.9 Å². The van der Waals surface area contributed by atoms with Crippen molar-refractivity contribution in [1.29, 1.82) is 0 Å². The number of phenolic OH excluding ortho intramolecular Hbond substituents is 2. The van der Waals surface area contributed by atoms with Crippen LogP contribution < -0.4 is 0 Å². The number of hydrogen-bond donors (Lipinski definition) is 2. The molecule has 0 bridgehead atoms. The molecule has 3 heteroatoms. The SMILES string of the molecule is C=CCOCC=C.Oc1ccc(-c2ccc(O)cc2)cc1. The van der Waals surface area contributed by atoms with E-state index in [0.29, 0.717) is 13.2 Å². The second-order valence-electron chi connectivity index (χ2n) is 4.21. The number of hydrogen-bond acceptors (Lipinski definition) is 3. The van der Waals surface area contributed by atoms with Crippen LogP contribution in [-0.4, -0.2) is 23.4 Å². The molecule has 2 rings (SSSR count). The summed E-state index contributed by atoms with van der Waals surface area (Å²) in [4.78, 5) is 0. The van der Waals surface area contributed by atoms with Crippen molar-refractivity contribution in [3.05, 3.63) is 73.8 Å². The monoisotopic (exact) mass is 284 g/mol. The van der Waals surface area contributed by atoms with E-state index in [1.165, 1.54) is 0 Å². The average Bonchev–Trinajstić information content (AvgIpc) is 2.50. The van der Waals surface area contributed by atoms with Crippen LogP contribution in [0.5, 0.6) is 11.5 Å². The highest BCUT2D eigenvalue weighted by Crippen LogP contribution is 2.23. The van der Waals surface area contributed by atoms with Gasteiger partial charge in [-0.15, -0.1) is 13.2 Å². The summed E-state index contributed by atoms with van der Waals surface area (Å²) < 4.78 is 4.90. The molecule has 0 fully saturated rings. The Morgan fingerprint density at radius 3 is 1.33 bits per heavy atom. The van der Waals surface area contributed by atoms with Crippen molar-refractivity contribution in [3.63, 3.8) is 0 Å². The second-order valence-corrected chi connectivity index (χ2v) is 4.21. The molecule has 0 heterocycles. The second kappa shape index (κ2) is 9.39. The minimum absolute atomic E-state index is 0.257. The minimum atomic E-state index is 0.257. The highest BCUT2D eigenvalue weighted by Gasteiger charge is 1.96. The topological polar surface area (TPSA) is 49.7 Å². The first-order valence-electron chi connectivity index (χ1n) is 6.55. The van der Waals surface area contributed by atoms with Gasteiger partial charge in [-0.1, -0.05) is 36.4 Å². The molecule has 0 atom stereocenters. The van der Waals surface area contributed by atoms with Crippen molar-refractivity contribution in [2.24, 2.45) is 0 Å². The molecule has 21 heavy (non-hydrogen) atoms. The molecule has 0 aliphatic rings. The van der Waals surface area contributed by atoms with Crippen LogP contribution in [0, 0.1) is 0 Å². The maximum absolute atomic E-state index is 9.11. The van der Waals surface area contributed by atoms with E-state index in [9.17, 15) is 0 Å². The summed E-state index contributed by atoms with van der Waals surface area (Å²) in [7, 11) is 0. The highest BCUT2D eigenvalue weighted by atomic mass is 16.5. The molecule has 0 radical (unpaired) electrons. The quantitative estimate of drug-likeness (QED) is 0.641. The molecule has 0 aromatic heterocycles. The van der Waals surface area contributed by atoms with Crippen molar-refractivity contribution >= 4 is 0 Å². The predicted octanol–water partition coefficient (Wildman–Crippen LogP) is 4.14. The first-order valence-corrected chi connectivity index (χ1v) is 6.55. The van der Waals surface area contributed by atoms with E-state index in [2.05, 4.69) is 13.2 Å². The van der Waals surface area contributed by atoms with E-state index in [4.69, 9.17) is 14.9 Å². The van der Waals surface area contributed by atoms with Crippen LogP contribution in [0.2, 0.25) is 0 Å². The zero-order valence-corrected chi connectivity index (χ0v) is 11.9. The third kappa shape index (κ3) is 6.45. The molecule has 0 aliphatic carbocycles. The lowest BCUT2D eigenvalue weighted by Crippen LogP contribution is -1.87. The number of ether oxygens (including phenoxy) is 1. The van der Waals surface area contributed by atoms with Crippen molar-refractivity contribution in [2.45, 2.75) is 0 Å². The summed E-state index contributed by atoms with van der Waals surface area (Å²) in [5.41, 5.74) is 2.03. The minimum Gasteiger partial charge on any atom is -0.508 e. The summed E-state index contributed by atoms with van der Waals surface area (Å²) >= 11 is 0. The summed E-state index contributed by atoms with van der Waals surface area (Å²) in [6.07, 6.45) is 3.42. The largest absolute Gasteiger partial charge is 0.508 e. The van der Waals surface area contributed by atoms with Crippen molar-refractivity contribution in [3.8, 4) is 22.6 Å². The normalized spacial score (nSPS) is 9.33. The smallest absolute Gasteiger partial charge is 0.115 e. The van der Waals surface area contributed by atoms with Crippen LogP contribution in [0.3, 0.4) is 0 Å². The van der Waals surface area contributed by atoms with E-state index < -0.39 is 0 Å². The Bertz CT molecular complexity index is 490. The molecule has 0 saturated carbocycles. The Labute approximate surface area is 125 Å². The fourth-order valence-corrected chi connectivity index (χ4v) is 1.54. The Balaban J connectivity index is 0.000000270. The zero-order chi connectivity index (χ0) is 15.5. The third-order valence-electron chi connectivity index (χ3n) is 2.54. The fraction of sp³-hybridized carbons (Fsp3) is 0.111. The first-order chi connectivity index (χ1) is 10.2. The van der Waals surface area contributed by atoms with E-state index >= 15 is 0 Å². The molecule has 2 aromatic carbocycles. The number of phenols is 2. The third-order valence-corrected chi connectivity index (χ3v) is 2.54. The summed E-state index contributed by atoms with van der Waals surface area (Å²) in [5, 5.41) is 18.2. The summed E-state index contributed by atoms with van der Waals surface area (Å²) in [6.45, 7) is 8.18. The number of aromatic hydroxyl groups is 2. The van der Waals surface area contributed by atoms with E-state index in [1.807, 2.05) is 24.3 Å². The van der Waals surface area contributed by atoms with Gasteiger partial charge in [0.25, 0.3) is 0 Å². The number of rotatable bonds is 5. The molecule has 0 saturated heterocycles.